The van der Waals surface area contributed by atoms with E-state index in [0.29, 0.717) is 6.42 Å². The molecule has 1 atom stereocenters. The molecule has 0 aromatic heterocycles. The zero-order valence-corrected chi connectivity index (χ0v) is 22.4. The summed E-state index contributed by atoms with van der Waals surface area (Å²) in [5.74, 6) is -0.814. The quantitative estimate of drug-likeness (QED) is 0.0806. The molecule has 0 aliphatic rings. The predicted molar refractivity (Wildman–Crippen MR) is 144 cm³/mol. The van der Waals surface area contributed by atoms with Crippen molar-refractivity contribution in [3.63, 3.8) is 0 Å². The summed E-state index contributed by atoms with van der Waals surface area (Å²) in [6.07, 6.45) is 30.6. The van der Waals surface area contributed by atoms with E-state index in [0.717, 1.165) is 64.2 Å². The molecule has 0 heterocycles. The van der Waals surface area contributed by atoms with Gasteiger partial charge >= 0.3 is 11.9 Å². The van der Waals surface area contributed by atoms with Crippen molar-refractivity contribution in [2.24, 2.45) is 0 Å². The lowest BCUT2D eigenvalue weighted by molar-refractivity contribution is -0.147. The molecule has 1 unspecified atom stereocenters. The first-order valence-corrected chi connectivity index (χ1v) is 14.3. The lowest BCUT2D eigenvalue weighted by Gasteiger charge is -2.14. The number of rotatable bonds is 25. The molecule has 0 aliphatic heterocycles. The van der Waals surface area contributed by atoms with Crippen molar-refractivity contribution in [1.29, 1.82) is 0 Å². The number of carboxylic acid groups (broad SMARTS) is 1. The van der Waals surface area contributed by atoms with Crippen molar-refractivity contribution in [2.45, 2.75) is 155 Å². The van der Waals surface area contributed by atoms with Crippen LogP contribution in [-0.4, -0.2) is 23.1 Å². The Kier molecular flexibility index (Phi) is 24.8. The molecule has 4 nitrogen and oxygen atoms in total. The fourth-order valence-electron chi connectivity index (χ4n) is 4.02. The molecule has 0 saturated heterocycles. The second-order valence-electron chi connectivity index (χ2n) is 9.58. The van der Waals surface area contributed by atoms with Crippen molar-refractivity contribution in [3.05, 3.63) is 24.3 Å². The van der Waals surface area contributed by atoms with E-state index in [2.05, 4.69) is 32.1 Å². The Bertz CT molecular complexity index is 524. The zero-order valence-electron chi connectivity index (χ0n) is 22.4. The molecule has 0 amide bonds. The fourth-order valence-corrected chi connectivity index (χ4v) is 4.02. The maximum Gasteiger partial charge on any atom is 0.306 e. The minimum Gasteiger partial charge on any atom is -0.481 e. The van der Waals surface area contributed by atoms with Crippen LogP contribution in [-0.2, 0) is 14.3 Å². The number of carbonyl (C=O) groups excluding carboxylic acids is 1. The van der Waals surface area contributed by atoms with E-state index in [4.69, 9.17) is 9.84 Å². The van der Waals surface area contributed by atoms with E-state index in [9.17, 15) is 9.59 Å². The number of carbonyl (C=O) groups is 2. The summed E-state index contributed by atoms with van der Waals surface area (Å²) in [5, 5.41) is 8.74. The number of hydrogen-bond acceptors (Lipinski definition) is 3. The maximum absolute atomic E-state index is 12.4. The van der Waals surface area contributed by atoms with Gasteiger partial charge in [0.05, 0.1) is 0 Å². The molecular weight excluding hydrogens is 424 g/mol. The second-order valence-corrected chi connectivity index (χ2v) is 9.58. The lowest BCUT2D eigenvalue weighted by atomic mass is 10.1. The highest BCUT2D eigenvalue weighted by Gasteiger charge is 2.11. The highest BCUT2D eigenvalue weighted by Crippen LogP contribution is 2.15. The molecule has 0 aromatic carbocycles. The minimum atomic E-state index is -0.728. The number of hydrogen-bond donors (Lipinski definition) is 1. The van der Waals surface area contributed by atoms with E-state index in [1.54, 1.807) is 0 Å². The van der Waals surface area contributed by atoms with Crippen molar-refractivity contribution < 1.29 is 19.4 Å². The Morgan fingerprint density at radius 3 is 1.82 bits per heavy atom. The van der Waals surface area contributed by atoms with Gasteiger partial charge in [-0.2, -0.15) is 0 Å². The Hall–Kier alpha value is -1.58. The average Bonchev–Trinajstić information content (AvgIpc) is 2.81. The van der Waals surface area contributed by atoms with Gasteiger partial charge in [0.15, 0.2) is 0 Å². The van der Waals surface area contributed by atoms with Gasteiger partial charge in [-0.15, -0.1) is 0 Å². The predicted octanol–water partition coefficient (Wildman–Crippen LogP) is 9.33. The standard InChI is InChI=1S/C30H54O4/c1-3-5-7-9-11-12-13-14-15-17-23-27-30(33)34-28(24-20-16-10-8-6-4-2)25-21-18-19-22-26-29(31)32/h8,10,20,24,28H,3-7,9,11-19,21-23,25-27H2,1-2H3,(H,31,32)/b10-8-,24-20-. The van der Waals surface area contributed by atoms with Gasteiger partial charge in [0, 0.05) is 12.8 Å². The number of unbranched alkanes of at least 4 members (excludes halogenated alkanes) is 14. The molecule has 1 N–H and O–H groups in total. The first kappa shape index (κ1) is 32.4. The summed E-state index contributed by atoms with van der Waals surface area (Å²) >= 11 is 0. The zero-order chi connectivity index (χ0) is 25.1. The van der Waals surface area contributed by atoms with E-state index in [1.165, 1.54) is 57.8 Å². The summed E-state index contributed by atoms with van der Waals surface area (Å²) in [7, 11) is 0. The largest absolute Gasteiger partial charge is 0.481 e. The van der Waals surface area contributed by atoms with Crippen LogP contribution in [0.15, 0.2) is 24.3 Å². The van der Waals surface area contributed by atoms with Gasteiger partial charge in [0.2, 0.25) is 0 Å². The number of esters is 1. The first-order chi connectivity index (χ1) is 16.6. The molecule has 198 valence electrons. The van der Waals surface area contributed by atoms with Crippen LogP contribution in [0.5, 0.6) is 0 Å². The van der Waals surface area contributed by atoms with Crippen molar-refractivity contribution in [1.82, 2.24) is 0 Å². The average molecular weight is 479 g/mol. The van der Waals surface area contributed by atoms with Gasteiger partial charge in [-0.1, -0.05) is 116 Å². The maximum atomic E-state index is 12.4. The van der Waals surface area contributed by atoms with Crippen LogP contribution in [0, 0.1) is 0 Å². The van der Waals surface area contributed by atoms with E-state index in [-0.39, 0.29) is 18.5 Å². The second kappa shape index (κ2) is 26.0. The molecule has 0 radical (unpaired) electrons. The fraction of sp³-hybridized carbons (Fsp3) is 0.800. The summed E-state index contributed by atoms with van der Waals surface area (Å²) < 4.78 is 5.77. The minimum absolute atomic E-state index is 0.0852. The molecule has 0 saturated carbocycles. The molecule has 0 aliphatic carbocycles. The normalized spacial score (nSPS) is 12.5. The summed E-state index contributed by atoms with van der Waals surface area (Å²) in [6.45, 7) is 4.43. The van der Waals surface area contributed by atoms with Crippen LogP contribution in [0.3, 0.4) is 0 Å². The highest BCUT2D eigenvalue weighted by molar-refractivity contribution is 5.69. The number of ether oxygens (including phenoxy) is 1. The summed E-state index contributed by atoms with van der Waals surface area (Å²) in [4.78, 5) is 23.0. The smallest absolute Gasteiger partial charge is 0.306 e. The SMILES string of the molecule is CCC/C=C\C/C=C\C(CCCCCCC(=O)O)OC(=O)CCCCCCCCCCCCC. The van der Waals surface area contributed by atoms with E-state index < -0.39 is 5.97 Å². The van der Waals surface area contributed by atoms with Crippen LogP contribution in [0.4, 0.5) is 0 Å². The van der Waals surface area contributed by atoms with Crippen molar-refractivity contribution in [3.8, 4) is 0 Å². The van der Waals surface area contributed by atoms with Crippen molar-refractivity contribution in [2.75, 3.05) is 0 Å². The summed E-state index contributed by atoms with van der Waals surface area (Å²) in [5.41, 5.74) is 0. The molecule has 34 heavy (non-hydrogen) atoms. The number of allylic oxidation sites excluding steroid dienone is 3. The first-order valence-electron chi connectivity index (χ1n) is 14.3. The third-order valence-corrected chi connectivity index (χ3v) is 6.14. The van der Waals surface area contributed by atoms with Gasteiger partial charge in [-0.05, 0) is 44.6 Å². The van der Waals surface area contributed by atoms with E-state index in [1.807, 2.05) is 6.08 Å². The molecule has 0 aromatic rings. The van der Waals surface area contributed by atoms with Crippen molar-refractivity contribution >= 4 is 11.9 Å². The van der Waals surface area contributed by atoms with Crippen LogP contribution in [0.2, 0.25) is 0 Å². The molecule has 0 fully saturated rings. The van der Waals surface area contributed by atoms with Gasteiger partial charge in [0.25, 0.3) is 0 Å². The van der Waals surface area contributed by atoms with Gasteiger partial charge in [-0.25, -0.2) is 0 Å². The van der Waals surface area contributed by atoms with Crippen LogP contribution >= 0.6 is 0 Å². The van der Waals surface area contributed by atoms with Crippen LogP contribution in [0.25, 0.3) is 0 Å². The molecular formula is C30H54O4. The van der Waals surface area contributed by atoms with Crippen LogP contribution < -0.4 is 0 Å². The summed E-state index contributed by atoms with van der Waals surface area (Å²) in [6, 6.07) is 0. The molecule has 0 spiro atoms. The Balaban J connectivity index is 4.07. The molecule has 0 bridgehead atoms. The van der Waals surface area contributed by atoms with Gasteiger partial charge in [0.1, 0.15) is 6.10 Å². The Labute approximate surface area is 210 Å². The topological polar surface area (TPSA) is 63.6 Å². The van der Waals surface area contributed by atoms with Gasteiger partial charge < -0.3 is 9.84 Å². The van der Waals surface area contributed by atoms with Gasteiger partial charge in [-0.3, -0.25) is 9.59 Å². The Morgan fingerprint density at radius 1 is 0.676 bits per heavy atom. The third kappa shape index (κ3) is 25.1. The van der Waals surface area contributed by atoms with Crippen LogP contribution in [0.1, 0.15) is 149 Å². The van der Waals surface area contributed by atoms with E-state index >= 15 is 0 Å². The molecule has 4 heteroatoms. The Morgan fingerprint density at radius 2 is 1.24 bits per heavy atom. The highest BCUT2D eigenvalue weighted by atomic mass is 16.5. The number of carboxylic acids is 1. The monoisotopic (exact) mass is 478 g/mol. The lowest BCUT2D eigenvalue weighted by Crippen LogP contribution is -2.16. The number of aliphatic carboxylic acids is 1. The third-order valence-electron chi connectivity index (χ3n) is 6.14. The molecule has 0 rings (SSSR count).